The van der Waals surface area contributed by atoms with Crippen molar-refractivity contribution < 1.29 is 10.2 Å². The van der Waals surface area contributed by atoms with Crippen LogP contribution in [0.4, 0.5) is 0 Å². The number of hydrogen-bond donors (Lipinski definition) is 3. The zero-order chi connectivity index (χ0) is 17.9. The lowest BCUT2D eigenvalue weighted by atomic mass is 9.89. The lowest BCUT2D eigenvalue weighted by Crippen LogP contribution is -2.60. The first-order valence-electron chi connectivity index (χ1n) is 8.86. The third kappa shape index (κ3) is 5.29. The molecule has 4 rings (SSSR count). The Morgan fingerprint density at radius 3 is 1.46 bits per heavy atom. The Hall–Kier alpha value is -1.43. The first kappa shape index (κ1) is 20.9. The van der Waals surface area contributed by atoms with Gasteiger partial charge in [-0.15, -0.1) is 12.4 Å². The summed E-state index contributed by atoms with van der Waals surface area (Å²) in [4.78, 5) is 2.32. The topological polar surface area (TPSA) is 55.7 Å². The molecule has 0 spiro atoms. The van der Waals surface area contributed by atoms with Crippen molar-refractivity contribution in [3.8, 4) is 0 Å². The summed E-state index contributed by atoms with van der Waals surface area (Å²) < 4.78 is 0. The summed E-state index contributed by atoms with van der Waals surface area (Å²) in [5.74, 6) is 0. The van der Waals surface area contributed by atoms with E-state index in [2.05, 4.69) is 58.7 Å². The first-order chi connectivity index (χ1) is 11.9. The van der Waals surface area contributed by atoms with E-state index in [1.54, 1.807) is 0 Å². The van der Waals surface area contributed by atoms with Gasteiger partial charge < -0.3 is 15.5 Å². The van der Waals surface area contributed by atoms with E-state index in [0.717, 1.165) is 26.2 Å². The van der Waals surface area contributed by atoms with Gasteiger partial charge in [0.05, 0.1) is 17.2 Å². The van der Waals surface area contributed by atoms with Crippen LogP contribution >= 0.6 is 12.4 Å². The molecule has 2 aromatic carbocycles. The normalized spacial score (nSPS) is 20.0. The number of nitrogens with one attached hydrogen (secondary N) is 1. The minimum absolute atomic E-state index is 0. The van der Waals surface area contributed by atoms with E-state index < -0.39 is 5.60 Å². The van der Waals surface area contributed by atoms with Crippen LogP contribution in [-0.2, 0) is 0 Å². The minimum Gasteiger partial charge on any atom is -0.388 e. The molecule has 2 aromatic rings. The summed E-state index contributed by atoms with van der Waals surface area (Å²) in [5.41, 5.74) is 1.63. The SMILES string of the molecule is CC1(O)CN(C(c2ccccc2)c2ccccc2)C1.CC1(O)CNC1.Cl. The smallest absolute Gasteiger partial charge is 0.0872 e. The van der Waals surface area contributed by atoms with Crippen molar-refractivity contribution in [2.45, 2.75) is 31.1 Å². The Balaban J connectivity index is 0.000000297. The molecule has 26 heavy (non-hydrogen) atoms. The second kappa shape index (κ2) is 8.51. The van der Waals surface area contributed by atoms with Crippen molar-refractivity contribution in [3.05, 3.63) is 71.8 Å². The molecule has 2 heterocycles. The van der Waals surface area contributed by atoms with Crippen LogP contribution in [0.15, 0.2) is 60.7 Å². The number of halogens is 1. The van der Waals surface area contributed by atoms with E-state index >= 15 is 0 Å². The van der Waals surface area contributed by atoms with E-state index in [9.17, 15) is 5.11 Å². The highest BCUT2D eigenvalue weighted by Gasteiger charge is 2.41. The summed E-state index contributed by atoms with van der Waals surface area (Å²) >= 11 is 0. The average Bonchev–Trinajstić information content (AvgIpc) is 2.55. The van der Waals surface area contributed by atoms with Crippen LogP contribution in [0.25, 0.3) is 0 Å². The molecule has 0 unspecified atom stereocenters. The van der Waals surface area contributed by atoms with Crippen LogP contribution in [0.1, 0.15) is 31.0 Å². The van der Waals surface area contributed by atoms with E-state index in [4.69, 9.17) is 5.11 Å². The molecule has 5 heteroatoms. The van der Waals surface area contributed by atoms with Gasteiger partial charge in [0.2, 0.25) is 0 Å². The molecule has 0 radical (unpaired) electrons. The molecule has 0 aliphatic carbocycles. The van der Waals surface area contributed by atoms with Crippen LogP contribution in [0.2, 0.25) is 0 Å². The van der Waals surface area contributed by atoms with Crippen LogP contribution < -0.4 is 5.32 Å². The summed E-state index contributed by atoms with van der Waals surface area (Å²) in [7, 11) is 0. The first-order valence-corrected chi connectivity index (χ1v) is 8.86. The van der Waals surface area contributed by atoms with Gasteiger partial charge in [0.25, 0.3) is 0 Å². The molecule has 4 nitrogen and oxygen atoms in total. The number of benzene rings is 2. The molecule has 2 aliphatic heterocycles. The quantitative estimate of drug-likeness (QED) is 0.770. The lowest BCUT2D eigenvalue weighted by molar-refractivity contribution is -0.0964. The molecule has 2 saturated heterocycles. The maximum atomic E-state index is 9.98. The van der Waals surface area contributed by atoms with Crippen molar-refractivity contribution >= 4 is 12.4 Å². The Bertz CT molecular complexity index is 623. The van der Waals surface area contributed by atoms with Crippen LogP contribution in [0.3, 0.4) is 0 Å². The molecular formula is C21H29ClN2O2. The van der Waals surface area contributed by atoms with Gasteiger partial charge in [-0.2, -0.15) is 0 Å². The zero-order valence-electron chi connectivity index (χ0n) is 15.4. The molecule has 0 atom stereocenters. The fraction of sp³-hybridized carbons (Fsp3) is 0.429. The Morgan fingerprint density at radius 1 is 0.808 bits per heavy atom. The molecular weight excluding hydrogens is 348 g/mol. The number of β-amino-alcohol motifs (C(OH)–C–C–N with tert-alkyl or cyclic N) is 2. The van der Waals surface area contributed by atoms with Crippen molar-refractivity contribution in [2.24, 2.45) is 0 Å². The van der Waals surface area contributed by atoms with Crippen LogP contribution in [0, 0.1) is 0 Å². The third-order valence-electron chi connectivity index (χ3n) is 4.69. The van der Waals surface area contributed by atoms with Gasteiger partial charge in [0.1, 0.15) is 0 Å². The highest BCUT2D eigenvalue weighted by atomic mass is 35.5. The number of aliphatic hydroxyl groups is 2. The van der Waals surface area contributed by atoms with Crippen molar-refractivity contribution in [3.63, 3.8) is 0 Å². The second-order valence-electron chi connectivity index (χ2n) is 7.73. The van der Waals surface area contributed by atoms with E-state index in [1.807, 2.05) is 26.0 Å². The fourth-order valence-electron chi connectivity index (χ4n) is 3.38. The van der Waals surface area contributed by atoms with Gasteiger partial charge in [-0.3, -0.25) is 4.90 Å². The number of nitrogens with zero attached hydrogens (tertiary/aromatic N) is 1. The molecule has 0 amide bonds. The molecule has 3 N–H and O–H groups in total. The van der Waals surface area contributed by atoms with Gasteiger partial charge in [0, 0.05) is 26.2 Å². The Morgan fingerprint density at radius 2 is 1.19 bits per heavy atom. The Kier molecular flexibility index (Phi) is 6.83. The predicted molar refractivity (Wildman–Crippen MR) is 108 cm³/mol. The second-order valence-corrected chi connectivity index (χ2v) is 7.73. The number of rotatable bonds is 3. The largest absolute Gasteiger partial charge is 0.388 e. The lowest BCUT2D eigenvalue weighted by Gasteiger charge is -2.48. The van der Waals surface area contributed by atoms with Crippen LogP contribution in [-0.4, -0.2) is 52.5 Å². The highest BCUT2D eigenvalue weighted by molar-refractivity contribution is 5.85. The maximum Gasteiger partial charge on any atom is 0.0872 e. The summed E-state index contributed by atoms with van der Waals surface area (Å²) in [6.07, 6.45) is 0. The molecule has 0 bridgehead atoms. The van der Waals surface area contributed by atoms with Gasteiger partial charge in [-0.05, 0) is 25.0 Å². The van der Waals surface area contributed by atoms with Crippen molar-refractivity contribution in [2.75, 3.05) is 26.2 Å². The molecule has 142 valence electrons. The van der Waals surface area contributed by atoms with Gasteiger partial charge >= 0.3 is 0 Å². The zero-order valence-corrected chi connectivity index (χ0v) is 16.2. The fourth-order valence-corrected chi connectivity index (χ4v) is 3.38. The average molecular weight is 377 g/mol. The standard InChI is InChI=1S/C17H19NO.C4H9NO.ClH/c1-17(19)12-18(13-17)16(14-8-4-2-5-9-14)15-10-6-3-7-11-15;1-4(6)2-5-3-4;/h2-11,16,19H,12-13H2,1H3;5-6H,2-3H2,1H3;1H. The van der Waals surface area contributed by atoms with Gasteiger partial charge in [-0.25, -0.2) is 0 Å². The summed E-state index contributed by atoms with van der Waals surface area (Å²) in [5, 5.41) is 21.8. The molecule has 0 aromatic heterocycles. The number of hydrogen-bond acceptors (Lipinski definition) is 4. The van der Waals surface area contributed by atoms with E-state index in [0.29, 0.717) is 0 Å². The van der Waals surface area contributed by atoms with E-state index in [-0.39, 0.29) is 24.0 Å². The Labute approximate surface area is 162 Å². The monoisotopic (exact) mass is 376 g/mol. The molecule has 2 aliphatic rings. The third-order valence-corrected chi connectivity index (χ3v) is 4.69. The summed E-state index contributed by atoms with van der Waals surface area (Å²) in [6.45, 7) is 6.68. The van der Waals surface area contributed by atoms with Gasteiger partial charge in [0.15, 0.2) is 0 Å². The number of likely N-dealkylation sites (tertiary alicyclic amines) is 1. The molecule has 0 saturated carbocycles. The van der Waals surface area contributed by atoms with Crippen molar-refractivity contribution in [1.82, 2.24) is 10.2 Å². The maximum absolute atomic E-state index is 9.98. The van der Waals surface area contributed by atoms with Gasteiger partial charge in [-0.1, -0.05) is 60.7 Å². The highest BCUT2D eigenvalue weighted by Crippen LogP contribution is 2.35. The minimum atomic E-state index is -0.540. The predicted octanol–water partition coefficient (Wildman–Crippen LogP) is 2.61. The van der Waals surface area contributed by atoms with E-state index in [1.165, 1.54) is 11.1 Å². The molecule has 2 fully saturated rings. The van der Waals surface area contributed by atoms with Crippen LogP contribution in [0.5, 0.6) is 0 Å². The summed E-state index contributed by atoms with van der Waals surface area (Å²) in [6, 6.07) is 21.2. The van der Waals surface area contributed by atoms with Crippen molar-refractivity contribution in [1.29, 1.82) is 0 Å².